The van der Waals surface area contributed by atoms with Crippen molar-refractivity contribution in [3.05, 3.63) is 0 Å². The highest BCUT2D eigenvalue weighted by atomic mass is 19.4. The summed E-state index contributed by atoms with van der Waals surface area (Å²) in [5.41, 5.74) is -5.07. The van der Waals surface area contributed by atoms with Gasteiger partial charge in [-0.2, -0.15) is 13.2 Å². The lowest BCUT2D eigenvalue weighted by molar-refractivity contribution is -0.323. The van der Waals surface area contributed by atoms with E-state index in [1.807, 2.05) is 20.8 Å². The minimum absolute atomic E-state index is 0.00974. The molecule has 3 fully saturated rings. The molecule has 7 atom stereocenters. The van der Waals surface area contributed by atoms with Crippen molar-refractivity contribution in [3.8, 4) is 0 Å². The summed E-state index contributed by atoms with van der Waals surface area (Å²) in [5.74, 6) is -1.26. The van der Waals surface area contributed by atoms with Crippen LogP contribution in [0.4, 0.5) is 13.2 Å². The Kier molecular flexibility index (Phi) is 5.36. The van der Waals surface area contributed by atoms with E-state index in [9.17, 15) is 28.2 Å². The summed E-state index contributed by atoms with van der Waals surface area (Å²) in [6.45, 7) is 7.71. The molecular formula is C21H33F3O4. The van der Waals surface area contributed by atoms with Crippen LogP contribution >= 0.6 is 0 Å². The second-order valence-electron chi connectivity index (χ2n) is 10.0. The lowest BCUT2D eigenvalue weighted by atomic mass is 9.56. The summed E-state index contributed by atoms with van der Waals surface area (Å²) in [5, 5.41) is 21.4. The molecule has 0 amide bonds. The second kappa shape index (κ2) is 6.86. The summed E-state index contributed by atoms with van der Waals surface area (Å²) in [7, 11) is 0. The van der Waals surface area contributed by atoms with Crippen molar-refractivity contribution in [2.24, 2.45) is 29.1 Å². The predicted molar refractivity (Wildman–Crippen MR) is 97.2 cm³/mol. The molecule has 0 radical (unpaired) electrons. The Balaban J connectivity index is 1.80. The maximum absolute atomic E-state index is 13.7. The van der Waals surface area contributed by atoms with E-state index in [1.54, 1.807) is 6.92 Å². The Bertz CT molecular complexity index is 621. The first kappa shape index (κ1) is 21.9. The van der Waals surface area contributed by atoms with E-state index in [0.717, 1.165) is 6.42 Å². The smallest absolute Gasteiger partial charge is 0.417 e. The number of rotatable bonds is 5. The molecule has 0 aromatic rings. The highest BCUT2D eigenvalue weighted by Crippen LogP contribution is 2.59. The number of carbonyl (C=O) groups is 1. The molecule has 0 saturated heterocycles. The summed E-state index contributed by atoms with van der Waals surface area (Å²) >= 11 is 0. The minimum Gasteiger partial charge on any atom is -0.462 e. The van der Waals surface area contributed by atoms with Crippen LogP contribution in [0.15, 0.2) is 0 Å². The molecule has 7 heteroatoms. The molecule has 2 bridgehead atoms. The highest BCUT2D eigenvalue weighted by Gasteiger charge is 2.67. The van der Waals surface area contributed by atoms with Gasteiger partial charge in [-0.15, -0.1) is 0 Å². The molecule has 0 heterocycles. The number of alkyl halides is 3. The molecule has 0 aromatic carbocycles. The van der Waals surface area contributed by atoms with Crippen LogP contribution in [0, 0.1) is 29.1 Å². The molecule has 28 heavy (non-hydrogen) atoms. The van der Waals surface area contributed by atoms with Gasteiger partial charge in [-0.1, -0.05) is 27.7 Å². The number of halogens is 3. The molecule has 3 aliphatic rings. The Labute approximate surface area is 164 Å². The van der Waals surface area contributed by atoms with Crippen molar-refractivity contribution in [1.29, 1.82) is 0 Å². The van der Waals surface area contributed by atoms with Crippen LogP contribution in [0.5, 0.6) is 0 Å². The van der Waals surface area contributed by atoms with E-state index in [-0.39, 0.29) is 31.1 Å². The molecule has 0 aliphatic heterocycles. The average molecular weight is 406 g/mol. The van der Waals surface area contributed by atoms with E-state index in [0.29, 0.717) is 18.8 Å². The molecule has 3 aliphatic carbocycles. The van der Waals surface area contributed by atoms with E-state index in [1.165, 1.54) is 0 Å². The Morgan fingerprint density at radius 3 is 2.21 bits per heavy atom. The molecule has 2 N–H and O–H groups in total. The fourth-order valence-corrected chi connectivity index (χ4v) is 5.83. The number of aliphatic hydroxyl groups is 2. The van der Waals surface area contributed by atoms with Gasteiger partial charge in [0, 0.05) is 12.3 Å². The number of hydrogen-bond acceptors (Lipinski definition) is 4. The zero-order chi connectivity index (χ0) is 21.1. The summed E-state index contributed by atoms with van der Waals surface area (Å²) in [6.07, 6.45) is -4.21. The zero-order valence-electron chi connectivity index (χ0n) is 17.2. The van der Waals surface area contributed by atoms with Crippen LogP contribution in [0.25, 0.3) is 0 Å². The van der Waals surface area contributed by atoms with Crippen LogP contribution in [0.3, 0.4) is 0 Å². The average Bonchev–Trinajstić information content (AvgIpc) is 3.22. The first-order chi connectivity index (χ1) is 12.8. The minimum atomic E-state index is -4.83. The fourth-order valence-electron chi connectivity index (χ4n) is 5.83. The van der Waals surface area contributed by atoms with Gasteiger partial charge in [-0.3, -0.25) is 4.79 Å². The summed E-state index contributed by atoms with van der Waals surface area (Å²) in [6, 6.07) is 0. The van der Waals surface area contributed by atoms with Crippen molar-refractivity contribution in [2.45, 2.75) is 96.1 Å². The first-order valence-electron chi connectivity index (χ1n) is 10.5. The van der Waals surface area contributed by atoms with Gasteiger partial charge < -0.3 is 14.9 Å². The van der Waals surface area contributed by atoms with E-state index in [4.69, 9.17) is 4.74 Å². The van der Waals surface area contributed by atoms with Gasteiger partial charge in [-0.25, -0.2) is 0 Å². The molecule has 4 nitrogen and oxygen atoms in total. The fraction of sp³-hybridized carbons (Fsp3) is 0.952. The number of fused-ring (bicyclic) bond motifs is 2. The maximum Gasteiger partial charge on any atom is 0.417 e. The van der Waals surface area contributed by atoms with Crippen LogP contribution in [0.1, 0.15) is 72.6 Å². The van der Waals surface area contributed by atoms with Crippen LogP contribution < -0.4 is 0 Å². The van der Waals surface area contributed by atoms with Crippen molar-refractivity contribution < 1.29 is 32.9 Å². The molecule has 7 unspecified atom stereocenters. The quantitative estimate of drug-likeness (QED) is 0.671. The molecule has 162 valence electrons. The number of carbonyl (C=O) groups excluding carboxylic acids is 1. The van der Waals surface area contributed by atoms with Gasteiger partial charge in [0.2, 0.25) is 0 Å². The third-order valence-corrected chi connectivity index (χ3v) is 7.68. The normalized spacial score (nSPS) is 45.8. The Morgan fingerprint density at radius 2 is 1.75 bits per heavy atom. The van der Waals surface area contributed by atoms with Gasteiger partial charge in [0.15, 0.2) is 5.60 Å². The van der Waals surface area contributed by atoms with Crippen molar-refractivity contribution in [3.63, 3.8) is 0 Å². The van der Waals surface area contributed by atoms with E-state index >= 15 is 0 Å². The molecule has 3 saturated carbocycles. The van der Waals surface area contributed by atoms with E-state index < -0.39 is 47.2 Å². The SMILES string of the molecule is CCC1(O)CC(O)(C(F)(F)F)C2CC(OC(=O)C3(CC(C)C)CC3C)CC1C2. The topological polar surface area (TPSA) is 66.8 Å². The monoisotopic (exact) mass is 406 g/mol. The molecule has 0 aromatic heterocycles. The predicted octanol–water partition coefficient (Wildman–Crippen LogP) is 4.23. The van der Waals surface area contributed by atoms with E-state index in [2.05, 4.69) is 0 Å². The lowest BCUT2D eigenvalue weighted by Crippen LogP contribution is -2.65. The number of hydrogen-bond donors (Lipinski definition) is 2. The maximum atomic E-state index is 13.7. The number of ether oxygens (including phenoxy) is 1. The summed E-state index contributed by atoms with van der Waals surface area (Å²) in [4.78, 5) is 12.9. The van der Waals surface area contributed by atoms with Crippen LogP contribution in [0.2, 0.25) is 0 Å². The first-order valence-corrected chi connectivity index (χ1v) is 10.5. The van der Waals surface area contributed by atoms with Gasteiger partial charge in [0.25, 0.3) is 0 Å². The Hall–Kier alpha value is -0.820. The van der Waals surface area contributed by atoms with Crippen LogP contribution in [-0.4, -0.2) is 39.7 Å². The standard InChI is InChI=1S/C21H33F3O4/c1-5-19(26)11-20(27,21(22,23)24)15-6-14(19)7-16(8-15)28-17(25)18(9-12(2)3)10-13(18)4/h12-16,26-27H,5-11H2,1-4H3. The molecular weight excluding hydrogens is 373 g/mol. The van der Waals surface area contributed by atoms with Gasteiger partial charge in [0.1, 0.15) is 6.10 Å². The van der Waals surface area contributed by atoms with Gasteiger partial charge >= 0.3 is 12.1 Å². The largest absolute Gasteiger partial charge is 0.462 e. The van der Waals surface area contributed by atoms with Crippen molar-refractivity contribution in [2.75, 3.05) is 0 Å². The number of esters is 1. The lowest BCUT2D eigenvalue weighted by Gasteiger charge is -2.55. The Morgan fingerprint density at radius 1 is 1.18 bits per heavy atom. The van der Waals surface area contributed by atoms with Crippen LogP contribution in [-0.2, 0) is 9.53 Å². The third kappa shape index (κ3) is 3.47. The second-order valence-corrected chi connectivity index (χ2v) is 10.0. The summed E-state index contributed by atoms with van der Waals surface area (Å²) < 4.78 is 46.9. The van der Waals surface area contributed by atoms with Crippen molar-refractivity contribution >= 4 is 5.97 Å². The molecule has 3 rings (SSSR count). The third-order valence-electron chi connectivity index (χ3n) is 7.68. The zero-order valence-corrected chi connectivity index (χ0v) is 17.2. The highest BCUT2D eigenvalue weighted by molar-refractivity contribution is 5.80. The molecule has 0 spiro atoms. The van der Waals surface area contributed by atoms with Gasteiger partial charge in [0.05, 0.1) is 11.0 Å². The van der Waals surface area contributed by atoms with Gasteiger partial charge in [-0.05, 0) is 56.3 Å². The van der Waals surface area contributed by atoms with Crippen molar-refractivity contribution in [1.82, 2.24) is 0 Å².